The van der Waals surface area contributed by atoms with Crippen molar-refractivity contribution < 1.29 is 17.9 Å². The van der Waals surface area contributed by atoms with Crippen molar-refractivity contribution in [2.24, 2.45) is 4.99 Å². The Morgan fingerprint density at radius 1 is 1.25 bits per heavy atom. The quantitative estimate of drug-likeness (QED) is 0.579. The Morgan fingerprint density at radius 3 is 2.61 bits per heavy atom. The largest absolute Gasteiger partial charge is 0.497 e. The summed E-state index contributed by atoms with van der Waals surface area (Å²) in [5.41, 5.74) is 2.03. The van der Waals surface area contributed by atoms with Gasteiger partial charge >= 0.3 is 0 Å². The number of thiazole rings is 1. The molecule has 8 heteroatoms. The fourth-order valence-electron chi connectivity index (χ4n) is 2.74. The van der Waals surface area contributed by atoms with Crippen LogP contribution in [0.15, 0.2) is 65.0 Å². The van der Waals surface area contributed by atoms with Crippen LogP contribution in [0.25, 0.3) is 10.2 Å². The van der Waals surface area contributed by atoms with Gasteiger partial charge in [-0.15, -0.1) is 6.58 Å². The highest BCUT2D eigenvalue weighted by atomic mass is 32.2. The molecule has 0 fully saturated rings. The summed E-state index contributed by atoms with van der Waals surface area (Å²) in [6.45, 7) is 6.20. The maximum atomic E-state index is 12.5. The maximum Gasteiger partial charge on any atom is 0.263 e. The summed E-state index contributed by atoms with van der Waals surface area (Å²) >= 11 is 1.35. The van der Waals surface area contributed by atoms with Crippen molar-refractivity contribution in [2.45, 2.75) is 18.4 Å². The number of aromatic nitrogens is 1. The fourth-order valence-corrected chi connectivity index (χ4v) is 5.00. The standard InChI is InChI=1S/C20H20N2O4S2/c1-4-11-22-17-10-5-14(2)12-18(17)27-20(22)21-19(23)13-28(24,25)16-8-6-15(26-3)7-9-16/h4-10,12H,1,11,13H2,2-3H3. The number of rotatable bonds is 6. The Kier molecular flexibility index (Phi) is 5.81. The van der Waals surface area contributed by atoms with Gasteiger partial charge in [-0.2, -0.15) is 4.99 Å². The molecular formula is C20H20N2O4S2. The highest BCUT2D eigenvalue weighted by Crippen LogP contribution is 2.19. The molecule has 0 bridgehead atoms. The Bertz CT molecular complexity index is 1200. The molecule has 6 nitrogen and oxygen atoms in total. The molecular weight excluding hydrogens is 396 g/mol. The average molecular weight is 417 g/mol. The lowest BCUT2D eigenvalue weighted by molar-refractivity contribution is -0.115. The van der Waals surface area contributed by atoms with E-state index < -0.39 is 21.5 Å². The molecule has 28 heavy (non-hydrogen) atoms. The number of ether oxygens (including phenoxy) is 1. The van der Waals surface area contributed by atoms with Crippen molar-refractivity contribution in [3.05, 3.63) is 65.5 Å². The van der Waals surface area contributed by atoms with Gasteiger partial charge in [-0.05, 0) is 48.9 Å². The molecule has 0 aliphatic heterocycles. The predicted octanol–water partition coefficient (Wildman–Crippen LogP) is 3.11. The van der Waals surface area contributed by atoms with Gasteiger partial charge in [-0.3, -0.25) is 4.79 Å². The molecule has 0 unspecified atom stereocenters. The van der Waals surface area contributed by atoms with E-state index in [0.717, 1.165) is 15.8 Å². The van der Waals surface area contributed by atoms with E-state index in [1.165, 1.54) is 30.6 Å². The number of methoxy groups -OCH3 is 1. The van der Waals surface area contributed by atoms with Gasteiger partial charge in [-0.1, -0.05) is 23.5 Å². The van der Waals surface area contributed by atoms with Gasteiger partial charge in [0.15, 0.2) is 14.6 Å². The summed E-state index contributed by atoms with van der Waals surface area (Å²) in [5, 5.41) is 0. The number of amides is 1. The molecule has 3 aromatic rings. The van der Waals surface area contributed by atoms with Gasteiger partial charge in [-0.25, -0.2) is 8.42 Å². The van der Waals surface area contributed by atoms with Gasteiger partial charge in [0.25, 0.3) is 5.91 Å². The molecule has 146 valence electrons. The number of carbonyl (C=O) groups is 1. The number of hydrogen-bond donors (Lipinski definition) is 0. The molecule has 0 radical (unpaired) electrons. The zero-order chi connectivity index (χ0) is 20.3. The number of allylic oxidation sites excluding steroid dienone is 1. The van der Waals surface area contributed by atoms with E-state index in [1.807, 2.05) is 29.7 Å². The third kappa shape index (κ3) is 4.23. The second-order valence-electron chi connectivity index (χ2n) is 6.20. The van der Waals surface area contributed by atoms with Crippen LogP contribution in [-0.4, -0.2) is 31.8 Å². The van der Waals surface area contributed by atoms with Crippen molar-refractivity contribution in [1.82, 2.24) is 4.57 Å². The minimum Gasteiger partial charge on any atom is -0.497 e. The van der Waals surface area contributed by atoms with Crippen LogP contribution in [0.3, 0.4) is 0 Å². The summed E-state index contributed by atoms with van der Waals surface area (Å²) in [4.78, 5) is 17.0. The second-order valence-corrected chi connectivity index (χ2v) is 9.19. The van der Waals surface area contributed by atoms with E-state index in [-0.39, 0.29) is 4.90 Å². The lowest BCUT2D eigenvalue weighted by atomic mass is 10.2. The Hall–Kier alpha value is -2.71. The second kappa shape index (κ2) is 8.12. The minimum atomic E-state index is -3.79. The molecule has 0 saturated heterocycles. The normalized spacial score (nSPS) is 12.3. The number of hydrogen-bond acceptors (Lipinski definition) is 5. The number of sulfone groups is 1. The minimum absolute atomic E-state index is 0.0581. The fraction of sp³-hybridized carbons (Fsp3) is 0.200. The molecule has 3 rings (SSSR count). The maximum absolute atomic E-state index is 12.5. The van der Waals surface area contributed by atoms with Gasteiger partial charge < -0.3 is 9.30 Å². The number of fused-ring (bicyclic) bond motifs is 1. The average Bonchev–Trinajstić information content (AvgIpc) is 2.97. The Balaban J connectivity index is 1.95. The SMILES string of the molecule is C=CCn1c(=NC(=O)CS(=O)(=O)c2ccc(OC)cc2)sc2cc(C)ccc21. The van der Waals surface area contributed by atoms with E-state index in [1.54, 1.807) is 18.2 Å². The zero-order valence-electron chi connectivity index (χ0n) is 15.6. The van der Waals surface area contributed by atoms with Gasteiger partial charge in [0.2, 0.25) is 0 Å². The molecule has 1 amide bonds. The van der Waals surface area contributed by atoms with E-state index >= 15 is 0 Å². The van der Waals surface area contributed by atoms with Crippen molar-refractivity contribution in [3.8, 4) is 5.75 Å². The highest BCUT2D eigenvalue weighted by molar-refractivity contribution is 7.92. The van der Waals surface area contributed by atoms with Crippen LogP contribution in [0.5, 0.6) is 5.75 Å². The van der Waals surface area contributed by atoms with Gasteiger partial charge in [0.05, 0.1) is 22.2 Å². The smallest absolute Gasteiger partial charge is 0.263 e. The van der Waals surface area contributed by atoms with Gasteiger partial charge in [0, 0.05) is 6.54 Å². The summed E-state index contributed by atoms with van der Waals surface area (Å²) in [6, 6.07) is 11.9. The predicted molar refractivity (Wildman–Crippen MR) is 110 cm³/mol. The third-order valence-electron chi connectivity index (χ3n) is 4.10. The molecule has 2 aromatic carbocycles. The van der Waals surface area contributed by atoms with Crippen LogP contribution in [0.2, 0.25) is 0 Å². The zero-order valence-corrected chi connectivity index (χ0v) is 17.2. The molecule has 0 saturated carbocycles. The van der Waals surface area contributed by atoms with Crippen molar-refractivity contribution in [1.29, 1.82) is 0 Å². The molecule has 0 atom stereocenters. The topological polar surface area (TPSA) is 77.7 Å². The summed E-state index contributed by atoms with van der Waals surface area (Å²) < 4.78 is 32.9. The van der Waals surface area contributed by atoms with Crippen molar-refractivity contribution in [2.75, 3.05) is 12.9 Å². The number of carbonyl (C=O) groups excluding carboxylic acids is 1. The molecule has 0 N–H and O–H groups in total. The van der Waals surface area contributed by atoms with Crippen LogP contribution in [-0.2, 0) is 21.2 Å². The van der Waals surface area contributed by atoms with Gasteiger partial charge in [0.1, 0.15) is 11.5 Å². The molecule has 1 heterocycles. The lowest BCUT2D eigenvalue weighted by Crippen LogP contribution is -2.20. The highest BCUT2D eigenvalue weighted by Gasteiger charge is 2.19. The first-order chi connectivity index (χ1) is 13.3. The molecule has 0 spiro atoms. The summed E-state index contributed by atoms with van der Waals surface area (Å²) in [7, 11) is -2.29. The molecule has 0 aliphatic rings. The van der Waals surface area contributed by atoms with Crippen molar-refractivity contribution in [3.63, 3.8) is 0 Å². The molecule has 0 aliphatic carbocycles. The first-order valence-electron chi connectivity index (χ1n) is 8.49. The van der Waals surface area contributed by atoms with E-state index in [4.69, 9.17) is 4.74 Å². The lowest BCUT2D eigenvalue weighted by Gasteiger charge is -2.04. The van der Waals surface area contributed by atoms with Crippen LogP contribution < -0.4 is 9.54 Å². The van der Waals surface area contributed by atoms with E-state index in [0.29, 0.717) is 17.1 Å². The summed E-state index contributed by atoms with van der Waals surface area (Å²) in [6.07, 6.45) is 1.71. The van der Waals surface area contributed by atoms with Crippen LogP contribution in [0.1, 0.15) is 5.56 Å². The van der Waals surface area contributed by atoms with Crippen LogP contribution in [0, 0.1) is 6.92 Å². The third-order valence-corrected chi connectivity index (χ3v) is 6.76. The summed E-state index contributed by atoms with van der Waals surface area (Å²) in [5.74, 6) is -0.862. The number of benzene rings is 2. The monoisotopic (exact) mass is 416 g/mol. The van der Waals surface area contributed by atoms with E-state index in [9.17, 15) is 13.2 Å². The van der Waals surface area contributed by atoms with E-state index in [2.05, 4.69) is 11.6 Å². The number of nitrogens with zero attached hydrogens (tertiary/aromatic N) is 2. The first-order valence-corrected chi connectivity index (χ1v) is 11.0. The Labute approximate surface area is 167 Å². The molecule has 1 aromatic heterocycles. The van der Waals surface area contributed by atoms with Crippen LogP contribution >= 0.6 is 11.3 Å². The van der Waals surface area contributed by atoms with Crippen LogP contribution in [0.4, 0.5) is 0 Å². The first kappa shape index (κ1) is 20.0. The van der Waals surface area contributed by atoms with Crippen molar-refractivity contribution >= 4 is 37.3 Å². The Morgan fingerprint density at radius 2 is 1.96 bits per heavy atom. The number of aryl methyl sites for hydroxylation is 1.